The highest BCUT2D eigenvalue weighted by Gasteiger charge is 2.27. The second-order valence-corrected chi connectivity index (χ2v) is 4.81. The van der Waals surface area contributed by atoms with Gasteiger partial charge in [-0.3, -0.25) is 4.90 Å². The standard InChI is InChI=1S/C12H15ClN2/c13-11-4-1-3-9-7-10(8-14-12(9)11)15-5-2-6-15/h1,3-4,10,14H,2,5-8H2. The Morgan fingerprint density at radius 3 is 2.93 bits per heavy atom. The van der Waals surface area contributed by atoms with Crippen LogP contribution in [0.3, 0.4) is 0 Å². The van der Waals surface area contributed by atoms with Crippen LogP contribution in [0.2, 0.25) is 5.02 Å². The summed E-state index contributed by atoms with van der Waals surface area (Å²) in [6.07, 6.45) is 2.50. The van der Waals surface area contributed by atoms with Crippen molar-refractivity contribution in [2.75, 3.05) is 25.0 Å². The minimum atomic E-state index is 0.671. The van der Waals surface area contributed by atoms with Gasteiger partial charge in [0, 0.05) is 12.6 Å². The molecule has 0 saturated carbocycles. The summed E-state index contributed by atoms with van der Waals surface area (Å²) in [7, 11) is 0. The van der Waals surface area contributed by atoms with Crippen molar-refractivity contribution in [1.29, 1.82) is 0 Å². The van der Waals surface area contributed by atoms with Crippen LogP contribution in [0.5, 0.6) is 0 Å². The first-order chi connectivity index (χ1) is 7.34. The van der Waals surface area contributed by atoms with Crippen LogP contribution in [-0.4, -0.2) is 30.6 Å². The van der Waals surface area contributed by atoms with Crippen LogP contribution in [-0.2, 0) is 6.42 Å². The number of nitrogens with zero attached hydrogens (tertiary/aromatic N) is 1. The Morgan fingerprint density at radius 1 is 1.33 bits per heavy atom. The molecule has 1 aromatic rings. The van der Waals surface area contributed by atoms with Gasteiger partial charge in [-0.05, 0) is 37.6 Å². The van der Waals surface area contributed by atoms with Gasteiger partial charge in [-0.2, -0.15) is 0 Å². The third kappa shape index (κ3) is 1.62. The molecule has 2 heterocycles. The molecule has 1 atom stereocenters. The molecule has 15 heavy (non-hydrogen) atoms. The minimum Gasteiger partial charge on any atom is -0.382 e. The molecule has 2 nitrogen and oxygen atoms in total. The number of anilines is 1. The predicted molar refractivity (Wildman–Crippen MR) is 63.6 cm³/mol. The van der Waals surface area contributed by atoms with E-state index in [4.69, 9.17) is 11.6 Å². The van der Waals surface area contributed by atoms with Crippen LogP contribution in [0.15, 0.2) is 18.2 Å². The van der Waals surface area contributed by atoms with Crippen LogP contribution in [0.25, 0.3) is 0 Å². The first kappa shape index (κ1) is 9.49. The molecule has 1 N–H and O–H groups in total. The molecule has 2 aliphatic heterocycles. The minimum absolute atomic E-state index is 0.671. The van der Waals surface area contributed by atoms with Gasteiger partial charge in [-0.15, -0.1) is 0 Å². The molecular weight excluding hydrogens is 208 g/mol. The normalized spacial score (nSPS) is 25.3. The number of nitrogens with one attached hydrogen (secondary N) is 1. The maximum Gasteiger partial charge on any atom is 0.0640 e. The number of hydrogen-bond donors (Lipinski definition) is 1. The molecule has 0 spiro atoms. The lowest BCUT2D eigenvalue weighted by Gasteiger charge is -2.41. The molecule has 3 heteroatoms. The maximum atomic E-state index is 6.14. The van der Waals surface area contributed by atoms with E-state index in [0.29, 0.717) is 6.04 Å². The van der Waals surface area contributed by atoms with Crippen LogP contribution < -0.4 is 5.32 Å². The summed E-state index contributed by atoms with van der Waals surface area (Å²) in [6, 6.07) is 6.85. The summed E-state index contributed by atoms with van der Waals surface area (Å²) >= 11 is 6.14. The van der Waals surface area contributed by atoms with E-state index >= 15 is 0 Å². The number of para-hydroxylation sites is 1. The fourth-order valence-corrected chi connectivity index (χ4v) is 2.71. The molecule has 0 radical (unpaired) electrons. The Hall–Kier alpha value is -0.730. The topological polar surface area (TPSA) is 15.3 Å². The highest BCUT2D eigenvalue weighted by molar-refractivity contribution is 6.33. The lowest BCUT2D eigenvalue weighted by molar-refractivity contribution is 0.122. The molecule has 2 aliphatic rings. The van der Waals surface area contributed by atoms with E-state index in [1.807, 2.05) is 12.1 Å². The molecule has 1 unspecified atom stereocenters. The van der Waals surface area contributed by atoms with Crippen LogP contribution in [0.1, 0.15) is 12.0 Å². The summed E-state index contributed by atoms with van der Waals surface area (Å²) in [5.41, 5.74) is 2.52. The third-order valence-corrected chi connectivity index (χ3v) is 3.79. The molecule has 80 valence electrons. The Balaban J connectivity index is 1.83. The van der Waals surface area contributed by atoms with Crippen molar-refractivity contribution in [3.8, 4) is 0 Å². The van der Waals surface area contributed by atoms with Crippen LogP contribution in [0, 0.1) is 0 Å². The van der Waals surface area contributed by atoms with Gasteiger partial charge < -0.3 is 5.32 Å². The fraction of sp³-hybridized carbons (Fsp3) is 0.500. The molecule has 1 aromatic carbocycles. The van der Waals surface area contributed by atoms with Crippen molar-refractivity contribution in [3.63, 3.8) is 0 Å². The lowest BCUT2D eigenvalue weighted by Crippen LogP contribution is -2.50. The van der Waals surface area contributed by atoms with E-state index in [0.717, 1.165) is 23.7 Å². The highest BCUT2D eigenvalue weighted by atomic mass is 35.5. The number of halogens is 1. The van der Waals surface area contributed by atoms with Gasteiger partial charge in [0.1, 0.15) is 0 Å². The summed E-state index contributed by atoms with van der Waals surface area (Å²) in [6.45, 7) is 3.57. The van der Waals surface area contributed by atoms with Crippen molar-refractivity contribution >= 4 is 17.3 Å². The maximum absolute atomic E-state index is 6.14. The summed E-state index contributed by atoms with van der Waals surface area (Å²) in [5, 5.41) is 4.31. The van der Waals surface area contributed by atoms with Crippen molar-refractivity contribution < 1.29 is 0 Å². The third-order valence-electron chi connectivity index (χ3n) is 3.48. The quantitative estimate of drug-likeness (QED) is 0.785. The summed E-state index contributed by atoms with van der Waals surface area (Å²) in [4.78, 5) is 2.55. The number of rotatable bonds is 1. The van der Waals surface area contributed by atoms with E-state index in [2.05, 4.69) is 16.3 Å². The number of likely N-dealkylation sites (tertiary alicyclic amines) is 1. The van der Waals surface area contributed by atoms with Gasteiger partial charge in [0.25, 0.3) is 0 Å². The highest BCUT2D eigenvalue weighted by Crippen LogP contribution is 2.31. The Bertz CT molecular complexity index is 374. The number of hydrogen-bond acceptors (Lipinski definition) is 2. The largest absolute Gasteiger partial charge is 0.382 e. The van der Waals surface area contributed by atoms with Gasteiger partial charge in [0.2, 0.25) is 0 Å². The SMILES string of the molecule is Clc1cccc2c1NCC(N1CCC1)C2. The first-order valence-corrected chi connectivity index (χ1v) is 5.98. The molecule has 0 bridgehead atoms. The first-order valence-electron chi connectivity index (χ1n) is 5.60. The average molecular weight is 223 g/mol. The van der Waals surface area contributed by atoms with E-state index in [1.165, 1.54) is 25.1 Å². The van der Waals surface area contributed by atoms with Gasteiger partial charge in [0.05, 0.1) is 10.7 Å². The van der Waals surface area contributed by atoms with Crippen LogP contribution >= 0.6 is 11.6 Å². The van der Waals surface area contributed by atoms with Gasteiger partial charge in [-0.25, -0.2) is 0 Å². The summed E-state index contributed by atoms with van der Waals surface area (Å²) < 4.78 is 0. The van der Waals surface area contributed by atoms with E-state index in [9.17, 15) is 0 Å². The smallest absolute Gasteiger partial charge is 0.0640 e. The van der Waals surface area contributed by atoms with Gasteiger partial charge in [0.15, 0.2) is 0 Å². The molecule has 0 aromatic heterocycles. The Kier molecular flexibility index (Phi) is 2.33. The number of benzene rings is 1. The van der Waals surface area contributed by atoms with Crippen molar-refractivity contribution in [1.82, 2.24) is 4.90 Å². The molecule has 0 amide bonds. The molecular formula is C12H15ClN2. The van der Waals surface area contributed by atoms with E-state index in [-0.39, 0.29) is 0 Å². The van der Waals surface area contributed by atoms with E-state index < -0.39 is 0 Å². The second-order valence-electron chi connectivity index (χ2n) is 4.40. The van der Waals surface area contributed by atoms with Crippen molar-refractivity contribution in [2.45, 2.75) is 18.9 Å². The van der Waals surface area contributed by atoms with E-state index in [1.54, 1.807) is 0 Å². The molecule has 3 rings (SSSR count). The zero-order valence-corrected chi connectivity index (χ0v) is 9.43. The average Bonchev–Trinajstić information content (AvgIpc) is 2.15. The zero-order valence-electron chi connectivity index (χ0n) is 8.67. The van der Waals surface area contributed by atoms with Gasteiger partial charge in [-0.1, -0.05) is 23.7 Å². The molecule has 1 saturated heterocycles. The predicted octanol–water partition coefficient (Wildman–Crippen LogP) is 2.38. The monoisotopic (exact) mass is 222 g/mol. The van der Waals surface area contributed by atoms with Crippen LogP contribution in [0.4, 0.5) is 5.69 Å². The number of fused-ring (bicyclic) bond motifs is 1. The van der Waals surface area contributed by atoms with Gasteiger partial charge >= 0.3 is 0 Å². The zero-order chi connectivity index (χ0) is 10.3. The van der Waals surface area contributed by atoms with Crippen molar-refractivity contribution in [3.05, 3.63) is 28.8 Å². The lowest BCUT2D eigenvalue weighted by atomic mass is 9.96. The Morgan fingerprint density at radius 2 is 2.20 bits per heavy atom. The summed E-state index contributed by atoms with van der Waals surface area (Å²) in [5.74, 6) is 0. The Labute approximate surface area is 95.2 Å². The fourth-order valence-electron chi connectivity index (χ4n) is 2.45. The van der Waals surface area contributed by atoms with Crippen molar-refractivity contribution in [2.24, 2.45) is 0 Å². The molecule has 0 aliphatic carbocycles. The molecule has 1 fully saturated rings. The second kappa shape index (κ2) is 3.69.